The molecule has 3 aromatic carbocycles. The predicted molar refractivity (Wildman–Crippen MR) is 155 cm³/mol. The quantitative estimate of drug-likeness (QED) is 0.233. The largest absolute Gasteiger partial charge is 0.508 e. The van der Waals surface area contributed by atoms with Gasteiger partial charge in [-0.05, 0) is 71.0 Å². The molecular weight excluding hydrogens is 492 g/mol. The smallest absolute Gasteiger partial charge is 0.407 e. The number of phenols is 1. The highest BCUT2D eigenvalue weighted by Crippen LogP contribution is 2.37. The van der Waals surface area contributed by atoms with Gasteiger partial charge in [-0.1, -0.05) is 61.5 Å². The molecule has 3 aromatic rings. The molecule has 0 fully saturated rings. The molecule has 39 heavy (non-hydrogen) atoms. The minimum Gasteiger partial charge on any atom is -0.508 e. The second-order valence-electron chi connectivity index (χ2n) is 9.31. The molecule has 0 saturated carbocycles. The summed E-state index contributed by atoms with van der Waals surface area (Å²) < 4.78 is 5.91. The van der Waals surface area contributed by atoms with Gasteiger partial charge in [-0.25, -0.2) is 4.79 Å². The molecule has 2 N–H and O–H groups in total. The zero-order valence-corrected chi connectivity index (χ0v) is 22.9. The van der Waals surface area contributed by atoms with Crippen LogP contribution >= 0.6 is 0 Å². The van der Waals surface area contributed by atoms with Crippen molar-refractivity contribution in [3.63, 3.8) is 0 Å². The number of hydrogen-bond donors (Lipinski definition) is 2. The highest BCUT2D eigenvalue weighted by Gasteiger charge is 2.16. The Morgan fingerprint density at radius 2 is 1.64 bits per heavy atom. The van der Waals surface area contributed by atoms with Crippen LogP contribution in [-0.4, -0.2) is 65.8 Å². The number of carbonyl (C=O) groups is 2. The third-order valence-corrected chi connectivity index (χ3v) is 6.33. The summed E-state index contributed by atoms with van der Waals surface area (Å²) in [7, 11) is 3.27. The molecule has 0 radical (unpaired) electrons. The van der Waals surface area contributed by atoms with Crippen molar-refractivity contribution < 1.29 is 24.5 Å². The molecule has 0 aliphatic rings. The summed E-state index contributed by atoms with van der Waals surface area (Å²) in [5.74, 6) is 0.653. The lowest BCUT2D eigenvalue weighted by Crippen LogP contribution is -2.33. The second-order valence-corrected chi connectivity index (χ2v) is 9.31. The molecule has 0 aliphatic carbocycles. The van der Waals surface area contributed by atoms with Crippen LogP contribution in [0.3, 0.4) is 0 Å². The van der Waals surface area contributed by atoms with E-state index in [-0.39, 0.29) is 31.4 Å². The van der Waals surface area contributed by atoms with Crippen LogP contribution in [0.15, 0.2) is 84.9 Å². The SMILES string of the molecule is CC/C(=C(\c1ccc(O)cc1)c1ccc(OCCN(C/C=C/C(=O)N(C)C)C(=O)O)cc1C)c1ccccc1. The fourth-order valence-corrected chi connectivity index (χ4v) is 4.26. The van der Waals surface area contributed by atoms with Crippen LogP contribution in [0.5, 0.6) is 11.5 Å². The number of amides is 2. The molecule has 0 aromatic heterocycles. The van der Waals surface area contributed by atoms with Gasteiger partial charge in [-0.2, -0.15) is 0 Å². The Hall–Kier alpha value is -4.52. The summed E-state index contributed by atoms with van der Waals surface area (Å²) in [6.07, 6.45) is 2.63. The van der Waals surface area contributed by atoms with Crippen LogP contribution in [0.1, 0.15) is 35.6 Å². The highest BCUT2D eigenvalue weighted by molar-refractivity contribution is 5.99. The first-order valence-electron chi connectivity index (χ1n) is 12.9. The predicted octanol–water partition coefficient (Wildman–Crippen LogP) is 6.07. The highest BCUT2D eigenvalue weighted by atomic mass is 16.5. The van der Waals surface area contributed by atoms with E-state index in [2.05, 4.69) is 19.1 Å². The molecule has 0 atom stereocenters. The van der Waals surface area contributed by atoms with Crippen molar-refractivity contribution in [3.8, 4) is 11.5 Å². The van der Waals surface area contributed by atoms with Crippen molar-refractivity contribution in [2.75, 3.05) is 33.8 Å². The average molecular weight is 529 g/mol. The summed E-state index contributed by atoms with van der Waals surface area (Å²) >= 11 is 0. The van der Waals surface area contributed by atoms with Gasteiger partial charge in [0.25, 0.3) is 0 Å². The topological polar surface area (TPSA) is 90.3 Å². The van der Waals surface area contributed by atoms with E-state index in [1.807, 2.05) is 55.5 Å². The number of ether oxygens (including phenoxy) is 1. The molecule has 0 unspecified atom stereocenters. The summed E-state index contributed by atoms with van der Waals surface area (Å²) in [6, 6.07) is 23.4. The first kappa shape index (κ1) is 29.0. The van der Waals surface area contributed by atoms with Crippen molar-refractivity contribution in [1.29, 1.82) is 0 Å². The van der Waals surface area contributed by atoms with Crippen LogP contribution in [-0.2, 0) is 4.79 Å². The zero-order chi connectivity index (χ0) is 28.4. The number of likely N-dealkylation sites (N-methyl/N-ethyl adjacent to an activating group) is 1. The number of aromatic hydroxyl groups is 1. The number of carboxylic acid groups (broad SMARTS) is 1. The van der Waals surface area contributed by atoms with Gasteiger partial charge in [0.1, 0.15) is 18.1 Å². The van der Waals surface area contributed by atoms with Gasteiger partial charge in [0, 0.05) is 26.7 Å². The van der Waals surface area contributed by atoms with Crippen LogP contribution in [0.25, 0.3) is 11.1 Å². The van der Waals surface area contributed by atoms with Crippen molar-refractivity contribution in [3.05, 3.63) is 107 Å². The summed E-state index contributed by atoms with van der Waals surface area (Å²) in [4.78, 5) is 25.9. The number of hydrogen-bond acceptors (Lipinski definition) is 4. The average Bonchev–Trinajstić information content (AvgIpc) is 2.92. The molecule has 7 nitrogen and oxygen atoms in total. The fraction of sp³-hybridized carbons (Fsp3) is 0.250. The Morgan fingerprint density at radius 1 is 0.949 bits per heavy atom. The van der Waals surface area contributed by atoms with Crippen LogP contribution in [0, 0.1) is 6.92 Å². The molecule has 0 saturated heterocycles. The first-order chi connectivity index (χ1) is 18.7. The van der Waals surface area contributed by atoms with Gasteiger partial charge in [0.2, 0.25) is 5.91 Å². The minimum absolute atomic E-state index is 0.0936. The van der Waals surface area contributed by atoms with E-state index in [0.717, 1.165) is 34.2 Å². The zero-order valence-electron chi connectivity index (χ0n) is 22.9. The maximum Gasteiger partial charge on any atom is 0.407 e. The van der Waals surface area contributed by atoms with Gasteiger partial charge in [0.05, 0.1) is 6.54 Å². The molecular formula is C32H36N2O5. The Balaban J connectivity index is 1.83. The number of carbonyl (C=O) groups excluding carboxylic acids is 1. The number of phenolic OH excluding ortho intramolecular Hbond substituents is 1. The minimum atomic E-state index is -1.08. The Morgan fingerprint density at radius 3 is 2.23 bits per heavy atom. The van der Waals surface area contributed by atoms with Gasteiger partial charge in [-0.3, -0.25) is 4.79 Å². The van der Waals surface area contributed by atoms with Gasteiger partial charge < -0.3 is 24.7 Å². The van der Waals surface area contributed by atoms with E-state index in [1.165, 1.54) is 27.5 Å². The summed E-state index contributed by atoms with van der Waals surface area (Å²) in [5.41, 5.74) is 6.48. The van der Waals surface area contributed by atoms with E-state index in [1.54, 1.807) is 26.2 Å². The number of allylic oxidation sites excluding steroid dienone is 1. The van der Waals surface area contributed by atoms with Gasteiger partial charge >= 0.3 is 6.09 Å². The standard InChI is InChI=1S/C32H36N2O5/c1-5-28(24-10-7-6-8-11-24)31(25-13-15-26(35)16-14-25)29-18-17-27(22-23(29)2)39-21-20-34(32(37)38)19-9-12-30(36)33(3)4/h6-18,22,35H,5,19-21H2,1-4H3,(H,37,38)/b12-9+,31-28-. The second kappa shape index (κ2) is 13.9. The van der Waals surface area contributed by atoms with Gasteiger partial charge in [-0.15, -0.1) is 0 Å². The lowest BCUT2D eigenvalue weighted by atomic mass is 9.86. The molecule has 0 heterocycles. The lowest BCUT2D eigenvalue weighted by molar-refractivity contribution is -0.123. The molecule has 3 rings (SSSR count). The molecule has 0 bridgehead atoms. The number of aryl methyl sites for hydroxylation is 1. The van der Waals surface area contributed by atoms with Crippen molar-refractivity contribution in [1.82, 2.24) is 9.80 Å². The molecule has 7 heteroatoms. The van der Waals surface area contributed by atoms with Gasteiger partial charge in [0.15, 0.2) is 0 Å². The van der Waals surface area contributed by atoms with E-state index >= 15 is 0 Å². The van der Waals surface area contributed by atoms with E-state index < -0.39 is 6.09 Å². The monoisotopic (exact) mass is 528 g/mol. The Bertz CT molecular complexity index is 1330. The fourth-order valence-electron chi connectivity index (χ4n) is 4.26. The third kappa shape index (κ3) is 7.98. The van der Waals surface area contributed by atoms with Crippen LogP contribution < -0.4 is 4.74 Å². The molecule has 0 spiro atoms. The lowest BCUT2D eigenvalue weighted by Gasteiger charge is -2.20. The van der Waals surface area contributed by atoms with Crippen molar-refractivity contribution in [2.24, 2.45) is 0 Å². The Kier molecular flexibility index (Phi) is 10.3. The van der Waals surface area contributed by atoms with E-state index in [4.69, 9.17) is 4.74 Å². The molecule has 204 valence electrons. The van der Waals surface area contributed by atoms with E-state index in [9.17, 15) is 19.8 Å². The number of nitrogens with zero attached hydrogens (tertiary/aromatic N) is 2. The summed E-state index contributed by atoms with van der Waals surface area (Å²) in [6.45, 7) is 4.58. The normalized spacial score (nSPS) is 11.7. The third-order valence-electron chi connectivity index (χ3n) is 6.33. The first-order valence-corrected chi connectivity index (χ1v) is 12.9. The maximum atomic E-state index is 11.7. The number of benzene rings is 3. The van der Waals surface area contributed by atoms with Crippen molar-refractivity contribution in [2.45, 2.75) is 20.3 Å². The van der Waals surface area contributed by atoms with Crippen LogP contribution in [0.4, 0.5) is 4.79 Å². The summed E-state index contributed by atoms with van der Waals surface area (Å²) in [5, 5.41) is 19.4. The number of rotatable bonds is 11. The Labute approximate surface area is 230 Å². The van der Waals surface area contributed by atoms with E-state index in [0.29, 0.717) is 5.75 Å². The van der Waals surface area contributed by atoms with Crippen LogP contribution in [0.2, 0.25) is 0 Å². The van der Waals surface area contributed by atoms with Crippen molar-refractivity contribution >= 4 is 23.1 Å². The maximum absolute atomic E-state index is 11.7. The molecule has 2 amide bonds. The molecule has 0 aliphatic heterocycles.